The van der Waals surface area contributed by atoms with Gasteiger partial charge >= 0.3 is 0 Å². The quantitative estimate of drug-likeness (QED) is 0.460. The number of amides is 1. The average Bonchev–Trinajstić information content (AvgIpc) is 2.57. The van der Waals surface area contributed by atoms with E-state index in [0.29, 0.717) is 17.2 Å². The molecule has 0 radical (unpaired) electrons. The number of halogens is 1. The van der Waals surface area contributed by atoms with E-state index in [1.807, 2.05) is 67.5 Å². The number of hydrazone groups is 1. The highest BCUT2D eigenvalue weighted by molar-refractivity contribution is 7.99. The van der Waals surface area contributed by atoms with Crippen LogP contribution >= 0.6 is 23.4 Å². The van der Waals surface area contributed by atoms with Crippen LogP contribution in [0.1, 0.15) is 12.0 Å². The maximum Gasteiger partial charge on any atom is 0.240 e. The standard InChI is InChI=1S/C18H20ClN3OS/c1-22(2)16-7-3-14(4-8-16)13-20-21-18(23)11-12-24-17-9-5-15(19)6-10-17/h3-10,13H,11-12H2,1-2H3,(H,21,23)/b20-13-. The highest BCUT2D eigenvalue weighted by Crippen LogP contribution is 2.20. The molecular formula is C18H20ClN3OS. The van der Waals surface area contributed by atoms with E-state index in [0.717, 1.165) is 16.1 Å². The number of hydrogen-bond donors (Lipinski definition) is 1. The van der Waals surface area contributed by atoms with Crippen LogP contribution in [0.15, 0.2) is 58.5 Å². The molecule has 6 heteroatoms. The second kappa shape index (κ2) is 9.35. The van der Waals surface area contributed by atoms with Crippen molar-refractivity contribution in [3.8, 4) is 0 Å². The minimum atomic E-state index is -0.0994. The van der Waals surface area contributed by atoms with E-state index >= 15 is 0 Å². The fraction of sp³-hybridized carbons (Fsp3) is 0.222. The van der Waals surface area contributed by atoms with Gasteiger partial charge in [-0.25, -0.2) is 5.43 Å². The van der Waals surface area contributed by atoms with Crippen molar-refractivity contribution in [1.29, 1.82) is 0 Å². The second-order valence-corrected chi connectivity index (χ2v) is 6.94. The number of benzene rings is 2. The highest BCUT2D eigenvalue weighted by atomic mass is 35.5. The van der Waals surface area contributed by atoms with Gasteiger partial charge in [-0.1, -0.05) is 23.7 Å². The van der Waals surface area contributed by atoms with Gasteiger partial charge in [-0.3, -0.25) is 4.79 Å². The Balaban J connectivity index is 1.71. The summed E-state index contributed by atoms with van der Waals surface area (Å²) in [4.78, 5) is 14.9. The smallest absolute Gasteiger partial charge is 0.240 e. The number of anilines is 1. The second-order valence-electron chi connectivity index (χ2n) is 5.33. The molecule has 0 aliphatic heterocycles. The van der Waals surface area contributed by atoms with Gasteiger partial charge in [0.2, 0.25) is 5.91 Å². The molecule has 0 aliphatic carbocycles. The lowest BCUT2D eigenvalue weighted by Gasteiger charge is -2.11. The summed E-state index contributed by atoms with van der Waals surface area (Å²) in [6, 6.07) is 15.5. The van der Waals surface area contributed by atoms with Crippen molar-refractivity contribution in [3.63, 3.8) is 0 Å². The third-order valence-corrected chi connectivity index (χ3v) is 4.49. The molecule has 1 amide bonds. The third-order valence-electron chi connectivity index (χ3n) is 3.22. The topological polar surface area (TPSA) is 44.7 Å². The van der Waals surface area contributed by atoms with Crippen molar-refractivity contribution in [2.45, 2.75) is 11.3 Å². The zero-order valence-corrected chi connectivity index (χ0v) is 15.3. The zero-order chi connectivity index (χ0) is 17.4. The highest BCUT2D eigenvalue weighted by Gasteiger charge is 2.01. The van der Waals surface area contributed by atoms with E-state index in [1.54, 1.807) is 18.0 Å². The lowest BCUT2D eigenvalue weighted by atomic mass is 10.2. The van der Waals surface area contributed by atoms with E-state index < -0.39 is 0 Å². The molecule has 0 aromatic heterocycles. The zero-order valence-electron chi connectivity index (χ0n) is 13.7. The maximum atomic E-state index is 11.8. The third kappa shape index (κ3) is 6.26. The van der Waals surface area contributed by atoms with Crippen molar-refractivity contribution >= 4 is 41.2 Å². The number of rotatable bonds is 7. The van der Waals surface area contributed by atoms with Crippen LogP contribution in [0.25, 0.3) is 0 Å². The normalized spacial score (nSPS) is 10.8. The van der Waals surface area contributed by atoms with Crippen LogP contribution in [0, 0.1) is 0 Å². The molecule has 0 unspecified atom stereocenters. The summed E-state index contributed by atoms with van der Waals surface area (Å²) in [6.07, 6.45) is 2.05. The summed E-state index contributed by atoms with van der Waals surface area (Å²) in [5, 5.41) is 4.70. The number of nitrogens with zero attached hydrogens (tertiary/aromatic N) is 2. The first-order chi connectivity index (χ1) is 11.5. The van der Waals surface area contributed by atoms with Gasteiger partial charge in [-0.15, -0.1) is 11.8 Å². The lowest BCUT2D eigenvalue weighted by Crippen LogP contribution is -2.17. The number of hydrogen-bond acceptors (Lipinski definition) is 4. The van der Waals surface area contributed by atoms with Crippen molar-refractivity contribution in [1.82, 2.24) is 5.43 Å². The van der Waals surface area contributed by atoms with Gasteiger partial charge in [0.05, 0.1) is 6.21 Å². The van der Waals surface area contributed by atoms with Crippen LogP contribution < -0.4 is 10.3 Å². The Hall–Kier alpha value is -1.98. The Labute approximate surface area is 151 Å². The van der Waals surface area contributed by atoms with E-state index in [4.69, 9.17) is 11.6 Å². The Kier molecular flexibility index (Phi) is 7.15. The van der Waals surface area contributed by atoms with Crippen LogP contribution in [0.2, 0.25) is 5.02 Å². The van der Waals surface area contributed by atoms with Gasteiger partial charge in [0, 0.05) is 41.9 Å². The molecule has 126 valence electrons. The van der Waals surface area contributed by atoms with Gasteiger partial charge in [0.1, 0.15) is 0 Å². The fourth-order valence-corrected chi connectivity index (χ4v) is 2.86. The number of carbonyl (C=O) groups is 1. The van der Waals surface area contributed by atoms with Gasteiger partial charge in [-0.2, -0.15) is 5.10 Å². The van der Waals surface area contributed by atoms with Crippen molar-refractivity contribution in [3.05, 3.63) is 59.1 Å². The van der Waals surface area contributed by atoms with E-state index in [2.05, 4.69) is 10.5 Å². The molecule has 0 saturated carbocycles. The molecular weight excluding hydrogens is 342 g/mol. The minimum absolute atomic E-state index is 0.0994. The molecule has 24 heavy (non-hydrogen) atoms. The first-order valence-electron chi connectivity index (χ1n) is 7.52. The van der Waals surface area contributed by atoms with Crippen molar-refractivity contribution < 1.29 is 4.79 Å². The van der Waals surface area contributed by atoms with Crippen LogP contribution in [-0.4, -0.2) is 32.0 Å². The lowest BCUT2D eigenvalue weighted by molar-refractivity contribution is -0.120. The first kappa shape index (κ1) is 18.4. The van der Waals surface area contributed by atoms with Gasteiger partial charge in [-0.05, 0) is 42.0 Å². The molecule has 2 aromatic carbocycles. The van der Waals surface area contributed by atoms with E-state index in [9.17, 15) is 4.79 Å². The number of carbonyl (C=O) groups excluding carboxylic acids is 1. The van der Waals surface area contributed by atoms with Crippen LogP contribution in [-0.2, 0) is 4.79 Å². The largest absolute Gasteiger partial charge is 0.378 e. The van der Waals surface area contributed by atoms with Crippen LogP contribution in [0.4, 0.5) is 5.69 Å². The predicted octanol–water partition coefficient (Wildman–Crippen LogP) is 4.04. The Bertz CT molecular complexity index is 684. The summed E-state index contributed by atoms with van der Waals surface area (Å²) in [6.45, 7) is 0. The molecule has 0 saturated heterocycles. The van der Waals surface area contributed by atoms with E-state index in [-0.39, 0.29) is 5.91 Å². The monoisotopic (exact) mass is 361 g/mol. The molecule has 1 N–H and O–H groups in total. The molecule has 2 aromatic rings. The summed E-state index contributed by atoms with van der Waals surface area (Å²) in [5.41, 5.74) is 4.61. The Morgan fingerprint density at radius 1 is 1.17 bits per heavy atom. The average molecular weight is 362 g/mol. The fourth-order valence-electron chi connectivity index (χ4n) is 1.89. The summed E-state index contributed by atoms with van der Waals surface area (Å²) < 4.78 is 0. The van der Waals surface area contributed by atoms with Gasteiger partial charge in [0.15, 0.2) is 0 Å². The molecule has 0 bridgehead atoms. The summed E-state index contributed by atoms with van der Waals surface area (Å²) >= 11 is 7.45. The Morgan fingerprint density at radius 3 is 2.46 bits per heavy atom. The summed E-state index contributed by atoms with van der Waals surface area (Å²) in [5.74, 6) is 0.596. The molecule has 0 atom stereocenters. The minimum Gasteiger partial charge on any atom is -0.378 e. The SMILES string of the molecule is CN(C)c1ccc(/C=N\NC(=O)CCSc2ccc(Cl)cc2)cc1. The molecule has 0 fully saturated rings. The first-order valence-corrected chi connectivity index (χ1v) is 8.88. The summed E-state index contributed by atoms with van der Waals surface area (Å²) in [7, 11) is 3.98. The predicted molar refractivity (Wildman–Crippen MR) is 103 cm³/mol. The Morgan fingerprint density at radius 2 is 1.83 bits per heavy atom. The van der Waals surface area contributed by atoms with E-state index in [1.165, 1.54) is 0 Å². The van der Waals surface area contributed by atoms with Gasteiger partial charge in [0.25, 0.3) is 0 Å². The molecule has 2 rings (SSSR count). The maximum absolute atomic E-state index is 11.8. The van der Waals surface area contributed by atoms with Crippen LogP contribution in [0.5, 0.6) is 0 Å². The number of thioether (sulfide) groups is 1. The molecule has 4 nitrogen and oxygen atoms in total. The molecule has 0 spiro atoms. The van der Waals surface area contributed by atoms with Crippen LogP contribution in [0.3, 0.4) is 0 Å². The molecule has 0 aliphatic rings. The number of nitrogens with one attached hydrogen (secondary N) is 1. The van der Waals surface area contributed by atoms with Crippen molar-refractivity contribution in [2.75, 3.05) is 24.7 Å². The van der Waals surface area contributed by atoms with Crippen molar-refractivity contribution in [2.24, 2.45) is 5.10 Å². The molecule has 0 heterocycles. The van der Waals surface area contributed by atoms with Gasteiger partial charge < -0.3 is 4.90 Å².